The zero-order chi connectivity index (χ0) is 17.1. The monoisotopic (exact) mass is 559 g/mol. The summed E-state index contributed by atoms with van der Waals surface area (Å²) in [5, 5.41) is 0. The van der Waals surface area contributed by atoms with Crippen molar-refractivity contribution >= 4 is 37.4 Å². The number of halogens is 2. The van der Waals surface area contributed by atoms with E-state index in [9.17, 15) is 0 Å². The molecule has 2 rings (SSSR count). The summed E-state index contributed by atoms with van der Waals surface area (Å²) < 4.78 is 25.8. The predicted molar refractivity (Wildman–Crippen MR) is 117 cm³/mol. The summed E-state index contributed by atoms with van der Waals surface area (Å²) in [6.07, 6.45) is 7.78. The second-order valence-corrected chi connectivity index (χ2v) is 154. The van der Waals surface area contributed by atoms with Crippen LogP contribution in [0.25, 0.3) is 0 Å². The van der Waals surface area contributed by atoms with E-state index in [2.05, 4.69) is 68.7 Å². The molecule has 0 saturated heterocycles. The predicted octanol–water partition coefficient (Wildman–Crippen LogP) is 6.38. The summed E-state index contributed by atoms with van der Waals surface area (Å²) in [5.41, 5.74) is 1.14. The number of hydrogen-bond acceptors (Lipinski definition) is 2. The van der Waals surface area contributed by atoms with Crippen molar-refractivity contribution in [1.82, 2.24) is 0 Å². The molecular formula is C18H35Cl2HfNOSi. The van der Waals surface area contributed by atoms with E-state index >= 15 is 0 Å². The minimum atomic E-state index is -5.26. The van der Waals surface area contributed by atoms with E-state index < -0.39 is 11.5 Å². The fraction of sp³-hybridized carbons (Fsp3) is 0.444. The van der Waals surface area contributed by atoms with Gasteiger partial charge < -0.3 is 0 Å². The van der Waals surface area contributed by atoms with Gasteiger partial charge in [0.25, 0.3) is 0 Å². The van der Waals surface area contributed by atoms with E-state index in [1.165, 1.54) is 3.33 Å². The number of nitrogens with one attached hydrogen (secondary N) is 1. The van der Waals surface area contributed by atoms with Crippen molar-refractivity contribution in [2.24, 2.45) is 0 Å². The van der Waals surface area contributed by atoms with Crippen LogP contribution in [0, 0.1) is 0 Å². The molecule has 24 heavy (non-hydrogen) atoms. The van der Waals surface area contributed by atoms with Gasteiger partial charge >= 0.3 is 125 Å². The van der Waals surface area contributed by atoms with Gasteiger partial charge in [-0.3, -0.25) is 0 Å². The Kier molecular flexibility index (Phi) is 3.66. The molecule has 2 nitrogen and oxygen atoms in total. The Balaban J connectivity index is 0.00000264. The van der Waals surface area contributed by atoms with E-state index in [1.807, 2.05) is 12.1 Å². The minimum absolute atomic E-state index is 0. The standard InChI is InChI=1S/C7H8NO.C5H5.6CH3.2ClH.Hf.H2Si/c1-9-7-4-2-6(8)3-5-7;1-2-4-5-3-1;;;;;;;;;;/h2-5,8H,1H3;1-3H,4H2;6*1H3;2*1H;;1H2/q-1;;;;;;;;;;+1;. The molecule has 1 aliphatic carbocycles. The summed E-state index contributed by atoms with van der Waals surface area (Å²) in [5.74, 6) is 0.883. The molecule has 0 spiro atoms. The van der Waals surface area contributed by atoms with Gasteiger partial charge in [0.2, 0.25) is 0 Å². The molecule has 1 N–H and O–H groups in total. The summed E-state index contributed by atoms with van der Waals surface area (Å²) in [6.45, 7) is 2.19. The van der Waals surface area contributed by atoms with Crippen molar-refractivity contribution in [2.75, 3.05) is 10.4 Å². The van der Waals surface area contributed by atoms with Gasteiger partial charge in [-0.05, 0) is 0 Å². The molecule has 1 aromatic carbocycles. The molecule has 1 aromatic rings. The number of anilines is 1. The Hall–Kier alpha value is -0.0330. The molecular weight excluding hydrogens is 524 g/mol. The van der Waals surface area contributed by atoms with Crippen LogP contribution in [0.4, 0.5) is 5.69 Å². The smallest absolute Gasteiger partial charge is 0.147 e. The van der Waals surface area contributed by atoms with E-state index in [0.717, 1.165) is 17.9 Å². The van der Waals surface area contributed by atoms with Gasteiger partial charge in [0.05, 0.1) is 0 Å². The molecule has 0 amide bonds. The van der Waals surface area contributed by atoms with Gasteiger partial charge in [0.15, 0.2) is 0 Å². The molecule has 6 heteroatoms. The van der Waals surface area contributed by atoms with Crippen LogP contribution in [0.2, 0.25) is 28.1 Å². The van der Waals surface area contributed by atoms with Crippen LogP contribution >= 0.6 is 24.8 Å². The van der Waals surface area contributed by atoms with E-state index in [-0.39, 0.29) is 24.8 Å². The molecule has 0 aliphatic heterocycles. The topological polar surface area (TPSA) is 21.3 Å². The summed E-state index contributed by atoms with van der Waals surface area (Å²) in [6, 6.07) is 8.27. The van der Waals surface area contributed by atoms with Crippen LogP contribution in [-0.2, 0) is 11.5 Å². The number of benzene rings is 1. The zero-order valence-corrected chi connectivity index (χ0v) is 22.8. The molecule has 0 aromatic heterocycles. The fourth-order valence-corrected chi connectivity index (χ4v) is 26.4. The molecule has 0 bridgehead atoms. The Morgan fingerprint density at radius 1 is 0.958 bits per heavy atom. The first-order valence-corrected chi connectivity index (χ1v) is 41.7. The van der Waals surface area contributed by atoms with Gasteiger partial charge in [-0.1, -0.05) is 0 Å². The molecule has 140 valence electrons. The molecule has 0 radical (unpaired) electrons. The molecule has 0 unspecified atom stereocenters. The number of rotatable bonds is 4. The van der Waals surface area contributed by atoms with Crippen LogP contribution in [0.15, 0.2) is 45.8 Å². The summed E-state index contributed by atoms with van der Waals surface area (Å²) in [7, 11) is 1.70. The minimum Gasteiger partial charge on any atom is -0.147 e. The van der Waals surface area contributed by atoms with Gasteiger partial charge in [-0.25, -0.2) is 0 Å². The molecule has 0 heterocycles. The van der Waals surface area contributed by atoms with Gasteiger partial charge in [0.1, 0.15) is 0 Å². The summed E-state index contributed by atoms with van der Waals surface area (Å²) in [4.78, 5) is 0. The second kappa shape index (κ2) is 3.67. The number of allylic oxidation sites excluding steroid dienone is 4. The first-order chi connectivity index (χ1) is 9.23. The van der Waals surface area contributed by atoms with Crippen molar-refractivity contribution in [3.8, 4) is 5.75 Å². The Bertz CT molecular complexity index is 907. The Labute approximate surface area is 149 Å². The van der Waals surface area contributed by atoms with Gasteiger partial charge in [-0.2, -0.15) is 0 Å². The van der Waals surface area contributed by atoms with E-state index in [1.54, 1.807) is 7.11 Å². The maximum atomic E-state index is 5.29. The molecule has 0 saturated carbocycles. The molecule has 0 atom stereocenters. The Morgan fingerprint density at radius 2 is 1.46 bits per heavy atom. The van der Waals surface area contributed by atoms with Gasteiger partial charge in [-0.15, -0.1) is 24.8 Å². The molecule has 0 fully saturated rings. The molecule has 1 aliphatic rings. The average molecular weight is 559 g/mol. The van der Waals surface area contributed by atoms with Crippen LogP contribution in [0.1, 0.15) is 6.42 Å². The summed E-state index contributed by atoms with van der Waals surface area (Å²) >= 11 is -5.26. The maximum absolute atomic E-state index is 5.29. The van der Waals surface area contributed by atoms with Crippen molar-refractivity contribution in [3.05, 3.63) is 45.8 Å². The van der Waals surface area contributed by atoms with Crippen molar-refractivity contribution in [2.45, 2.75) is 34.5 Å². The number of ether oxygens (including phenoxy) is 1. The van der Waals surface area contributed by atoms with Crippen LogP contribution in [0.5, 0.6) is 5.75 Å². The third-order valence-corrected chi connectivity index (χ3v) is 35.9. The average Bonchev–Trinajstić information content (AvgIpc) is 2.81. The third-order valence-electron chi connectivity index (χ3n) is 5.22. The first-order valence-electron chi connectivity index (χ1n) is 8.25. The fourth-order valence-electron chi connectivity index (χ4n) is 3.58. The van der Waals surface area contributed by atoms with Crippen molar-refractivity contribution < 1.29 is 16.3 Å². The number of hydrogen-bond donors (Lipinski definition) is 1. The maximum Gasteiger partial charge on any atom is -0.147 e. The van der Waals surface area contributed by atoms with E-state index in [0.29, 0.717) is 0 Å². The number of methoxy groups -OCH3 is 1. The zero-order valence-electron chi connectivity index (χ0n) is 16.2. The SMILES string of the molecule is COc1ccc([NH][Hf]([CH3])([CH3])([CH3])([CH3])([CH3])([CH3])(=[SiH2])[C]2=CC=CC2)cc1.Cl.Cl. The normalized spacial score (nSPS) is 22.5. The van der Waals surface area contributed by atoms with E-state index in [4.69, 9.17) is 4.74 Å². The van der Waals surface area contributed by atoms with Crippen LogP contribution in [-0.4, -0.2) is 14.1 Å². The van der Waals surface area contributed by atoms with Crippen molar-refractivity contribution in [1.29, 1.82) is 0 Å². The Morgan fingerprint density at radius 3 is 1.83 bits per heavy atom. The first kappa shape index (κ1) is 24.0. The second-order valence-electron chi connectivity index (χ2n) is 16.3. The van der Waals surface area contributed by atoms with Crippen molar-refractivity contribution in [3.63, 3.8) is 0 Å². The van der Waals surface area contributed by atoms with Crippen LogP contribution in [0.3, 0.4) is 0 Å². The van der Waals surface area contributed by atoms with Crippen LogP contribution < -0.4 is 8.04 Å². The third kappa shape index (κ3) is 4.78. The quantitative estimate of drug-likeness (QED) is 0.433. The largest absolute Gasteiger partial charge is 0.147 e. The van der Waals surface area contributed by atoms with Gasteiger partial charge in [0, 0.05) is 0 Å².